The number of ether oxygens (including phenoxy) is 1. The van der Waals surface area contributed by atoms with Gasteiger partial charge in [0.25, 0.3) is 5.91 Å². The fourth-order valence-corrected chi connectivity index (χ4v) is 3.64. The summed E-state index contributed by atoms with van der Waals surface area (Å²) in [6.07, 6.45) is 0.942. The number of anilines is 2. The Morgan fingerprint density at radius 3 is 2.74 bits per heavy atom. The van der Waals surface area contributed by atoms with Gasteiger partial charge >= 0.3 is 5.97 Å². The van der Waals surface area contributed by atoms with Crippen molar-refractivity contribution in [2.45, 2.75) is 32.3 Å². The van der Waals surface area contributed by atoms with Gasteiger partial charge in [0.05, 0.1) is 5.56 Å². The Morgan fingerprint density at radius 2 is 2.00 bits per heavy atom. The second-order valence-corrected chi connectivity index (χ2v) is 6.89. The van der Waals surface area contributed by atoms with Crippen LogP contribution in [0.2, 0.25) is 0 Å². The van der Waals surface area contributed by atoms with E-state index in [-0.39, 0.29) is 11.8 Å². The maximum absolute atomic E-state index is 12.6. The van der Waals surface area contributed by atoms with E-state index in [1.165, 1.54) is 0 Å². The number of cyclic esters (lactones) is 1. The molecule has 2 heterocycles. The van der Waals surface area contributed by atoms with Crippen molar-refractivity contribution in [3.05, 3.63) is 59.2 Å². The van der Waals surface area contributed by atoms with Gasteiger partial charge in [-0.2, -0.15) is 0 Å². The molecule has 0 aromatic heterocycles. The summed E-state index contributed by atoms with van der Waals surface area (Å²) >= 11 is 0. The van der Waals surface area contributed by atoms with Crippen LogP contribution in [0.5, 0.6) is 0 Å². The standard InChI is InChI=1S/C21H20N2O4/c1-13-11-15(8-9-17(13)23-10-4-7-19(23)24)22-20(25)18-12-14-5-2-3-6-16(14)21(26)27-18/h2-3,5-6,8-9,11,18H,4,7,10,12H2,1H3,(H,22,25)/t18-/m0/s1. The molecule has 1 saturated heterocycles. The van der Waals surface area contributed by atoms with Gasteiger partial charge in [0, 0.05) is 30.8 Å². The average molecular weight is 364 g/mol. The maximum atomic E-state index is 12.6. The minimum absolute atomic E-state index is 0.127. The van der Waals surface area contributed by atoms with Gasteiger partial charge in [-0.1, -0.05) is 18.2 Å². The maximum Gasteiger partial charge on any atom is 0.339 e. The topological polar surface area (TPSA) is 75.7 Å². The molecule has 2 amide bonds. The van der Waals surface area contributed by atoms with Gasteiger partial charge in [-0.25, -0.2) is 4.79 Å². The third-order valence-electron chi connectivity index (χ3n) is 5.01. The highest BCUT2D eigenvalue weighted by Gasteiger charge is 2.31. The summed E-state index contributed by atoms with van der Waals surface area (Å²) in [5.41, 5.74) is 3.72. The van der Waals surface area contributed by atoms with Gasteiger partial charge < -0.3 is 15.0 Å². The zero-order valence-corrected chi connectivity index (χ0v) is 15.0. The summed E-state index contributed by atoms with van der Waals surface area (Å²) in [5.74, 6) is -0.707. The van der Waals surface area contributed by atoms with E-state index in [1.807, 2.05) is 31.2 Å². The molecule has 0 saturated carbocycles. The number of fused-ring (bicyclic) bond motifs is 1. The van der Waals surface area contributed by atoms with Crippen LogP contribution in [0.4, 0.5) is 11.4 Å². The SMILES string of the molecule is Cc1cc(NC(=O)[C@@H]2Cc3ccccc3C(=O)O2)ccc1N1CCCC1=O. The van der Waals surface area contributed by atoms with Crippen LogP contribution in [0.1, 0.15) is 34.3 Å². The molecule has 1 fully saturated rings. The van der Waals surface area contributed by atoms with Crippen molar-refractivity contribution in [3.63, 3.8) is 0 Å². The van der Waals surface area contributed by atoms with Crippen LogP contribution < -0.4 is 10.2 Å². The van der Waals surface area contributed by atoms with Crippen molar-refractivity contribution in [2.24, 2.45) is 0 Å². The average Bonchev–Trinajstić information content (AvgIpc) is 3.07. The van der Waals surface area contributed by atoms with E-state index in [1.54, 1.807) is 23.1 Å². The Kier molecular flexibility index (Phi) is 4.39. The Balaban J connectivity index is 1.48. The first-order chi connectivity index (χ1) is 13.0. The predicted molar refractivity (Wildman–Crippen MR) is 101 cm³/mol. The number of hydrogen-bond donors (Lipinski definition) is 1. The van der Waals surface area contributed by atoms with E-state index in [0.717, 1.165) is 29.8 Å². The second kappa shape index (κ2) is 6.87. The number of aryl methyl sites for hydroxylation is 1. The number of nitrogens with one attached hydrogen (secondary N) is 1. The molecule has 0 radical (unpaired) electrons. The third kappa shape index (κ3) is 3.30. The highest BCUT2D eigenvalue weighted by Crippen LogP contribution is 2.28. The third-order valence-corrected chi connectivity index (χ3v) is 5.01. The first-order valence-corrected chi connectivity index (χ1v) is 9.04. The van der Waals surface area contributed by atoms with E-state index in [9.17, 15) is 14.4 Å². The lowest BCUT2D eigenvalue weighted by atomic mass is 9.98. The van der Waals surface area contributed by atoms with Crippen LogP contribution in [0.3, 0.4) is 0 Å². The van der Waals surface area contributed by atoms with Gasteiger partial charge in [-0.3, -0.25) is 9.59 Å². The number of hydrogen-bond acceptors (Lipinski definition) is 4. The van der Waals surface area contributed by atoms with Crippen LogP contribution in [0.15, 0.2) is 42.5 Å². The number of nitrogens with zero attached hydrogens (tertiary/aromatic N) is 1. The quantitative estimate of drug-likeness (QED) is 0.850. The molecule has 6 heteroatoms. The minimum atomic E-state index is -0.854. The van der Waals surface area contributed by atoms with Crippen LogP contribution in [-0.2, 0) is 20.7 Å². The number of esters is 1. The zero-order valence-electron chi connectivity index (χ0n) is 15.0. The van der Waals surface area contributed by atoms with Crippen molar-refractivity contribution >= 4 is 29.2 Å². The van der Waals surface area contributed by atoms with Gasteiger partial charge in [0.2, 0.25) is 5.91 Å². The zero-order chi connectivity index (χ0) is 19.0. The molecule has 2 aliphatic rings. The molecule has 1 atom stereocenters. The molecular formula is C21H20N2O4. The van der Waals surface area contributed by atoms with Crippen molar-refractivity contribution in [1.29, 1.82) is 0 Å². The lowest BCUT2D eigenvalue weighted by Crippen LogP contribution is -2.38. The minimum Gasteiger partial charge on any atom is -0.448 e. The molecule has 2 aliphatic heterocycles. The first kappa shape index (κ1) is 17.3. The molecule has 6 nitrogen and oxygen atoms in total. The molecule has 0 aliphatic carbocycles. The lowest BCUT2D eigenvalue weighted by molar-refractivity contribution is -0.125. The van der Waals surface area contributed by atoms with Crippen molar-refractivity contribution in [1.82, 2.24) is 0 Å². The van der Waals surface area contributed by atoms with Crippen LogP contribution in [0.25, 0.3) is 0 Å². The molecule has 0 bridgehead atoms. The Hall–Kier alpha value is -3.15. The fourth-order valence-electron chi connectivity index (χ4n) is 3.64. The number of amides is 2. The lowest BCUT2D eigenvalue weighted by Gasteiger charge is -2.24. The largest absolute Gasteiger partial charge is 0.448 e. The fraction of sp³-hybridized carbons (Fsp3) is 0.286. The summed E-state index contributed by atoms with van der Waals surface area (Å²) in [6, 6.07) is 12.6. The van der Waals surface area contributed by atoms with Gasteiger partial charge in [-0.05, 0) is 48.7 Å². The predicted octanol–water partition coefficient (Wildman–Crippen LogP) is 2.84. The number of rotatable bonds is 3. The number of benzene rings is 2. The Morgan fingerprint density at radius 1 is 1.19 bits per heavy atom. The Labute approximate surface area is 157 Å². The summed E-state index contributed by atoms with van der Waals surface area (Å²) < 4.78 is 5.29. The molecular weight excluding hydrogens is 344 g/mol. The van der Waals surface area contributed by atoms with Crippen molar-refractivity contribution in [2.75, 3.05) is 16.8 Å². The molecule has 0 unspecified atom stereocenters. The highest BCUT2D eigenvalue weighted by molar-refractivity contribution is 6.00. The van der Waals surface area contributed by atoms with Crippen molar-refractivity contribution in [3.8, 4) is 0 Å². The summed E-state index contributed by atoms with van der Waals surface area (Å²) in [7, 11) is 0. The Bertz CT molecular complexity index is 938. The molecule has 0 spiro atoms. The van der Waals surface area contributed by atoms with E-state index in [2.05, 4.69) is 5.32 Å². The van der Waals surface area contributed by atoms with E-state index >= 15 is 0 Å². The first-order valence-electron chi connectivity index (χ1n) is 9.04. The molecule has 4 rings (SSSR count). The number of carbonyl (C=O) groups excluding carboxylic acids is 3. The highest BCUT2D eigenvalue weighted by atomic mass is 16.5. The summed E-state index contributed by atoms with van der Waals surface area (Å²) in [6.45, 7) is 2.64. The molecule has 2 aromatic rings. The van der Waals surface area contributed by atoms with Crippen LogP contribution in [0, 0.1) is 6.92 Å². The van der Waals surface area contributed by atoms with Crippen LogP contribution in [-0.4, -0.2) is 30.4 Å². The monoisotopic (exact) mass is 364 g/mol. The summed E-state index contributed by atoms with van der Waals surface area (Å²) in [4.78, 5) is 38.4. The smallest absolute Gasteiger partial charge is 0.339 e. The molecule has 138 valence electrons. The van der Waals surface area contributed by atoms with E-state index < -0.39 is 12.1 Å². The van der Waals surface area contributed by atoms with Gasteiger partial charge in [-0.15, -0.1) is 0 Å². The number of carbonyl (C=O) groups is 3. The van der Waals surface area contributed by atoms with E-state index in [4.69, 9.17) is 4.74 Å². The van der Waals surface area contributed by atoms with Gasteiger partial charge in [0.15, 0.2) is 6.10 Å². The normalized spacial score (nSPS) is 18.9. The molecule has 27 heavy (non-hydrogen) atoms. The second-order valence-electron chi connectivity index (χ2n) is 6.89. The summed E-state index contributed by atoms with van der Waals surface area (Å²) in [5, 5.41) is 2.81. The van der Waals surface area contributed by atoms with Crippen LogP contribution >= 0.6 is 0 Å². The van der Waals surface area contributed by atoms with Gasteiger partial charge in [0.1, 0.15) is 0 Å². The van der Waals surface area contributed by atoms with E-state index in [0.29, 0.717) is 24.1 Å². The van der Waals surface area contributed by atoms with Crippen molar-refractivity contribution < 1.29 is 19.1 Å². The molecule has 2 aromatic carbocycles. The molecule has 1 N–H and O–H groups in total.